The molecular formula is C25H30N2O5. The Morgan fingerprint density at radius 1 is 0.906 bits per heavy atom. The lowest BCUT2D eigenvalue weighted by Crippen LogP contribution is -2.53. The number of amides is 2. The van der Waals surface area contributed by atoms with E-state index in [0.29, 0.717) is 0 Å². The predicted octanol–water partition coefficient (Wildman–Crippen LogP) is 3.78. The maximum atomic E-state index is 12.7. The van der Waals surface area contributed by atoms with Gasteiger partial charge in [-0.3, -0.25) is 9.59 Å². The highest BCUT2D eigenvalue weighted by Crippen LogP contribution is 2.44. The van der Waals surface area contributed by atoms with Crippen LogP contribution in [0.25, 0.3) is 11.1 Å². The summed E-state index contributed by atoms with van der Waals surface area (Å²) in [7, 11) is 0. The van der Waals surface area contributed by atoms with Crippen molar-refractivity contribution in [3.05, 3.63) is 59.7 Å². The largest absolute Gasteiger partial charge is 0.481 e. The second-order valence-electron chi connectivity index (χ2n) is 8.62. The zero-order valence-electron chi connectivity index (χ0n) is 18.8. The van der Waals surface area contributed by atoms with Crippen molar-refractivity contribution < 1.29 is 24.2 Å². The van der Waals surface area contributed by atoms with E-state index in [9.17, 15) is 14.4 Å². The smallest absolute Gasteiger partial charge is 0.407 e. The van der Waals surface area contributed by atoms with Crippen molar-refractivity contribution in [3.8, 4) is 11.1 Å². The van der Waals surface area contributed by atoms with Gasteiger partial charge in [-0.1, -0.05) is 62.4 Å². The summed E-state index contributed by atoms with van der Waals surface area (Å²) >= 11 is 0. The first-order valence-electron chi connectivity index (χ1n) is 10.8. The van der Waals surface area contributed by atoms with Gasteiger partial charge in [-0.25, -0.2) is 4.79 Å². The fraction of sp³-hybridized carbons (Fsp3) is 0.400. The number of carbonyl (C=O) groups excluding carboxylic acids is 2. The monoisotopic (exact) mass is 438 g/mol. The highest BCUT2D eigenvalue weighted by molar-refractivity contribution is 5.86. The molecule has 1 aliphatic rings. The van der Waals surface area contributed by atoms with Crippen LogP contribution in [0.4, 0.5) is 4.79 Å². The van der Waals surface area contributed by atoms with E-state index in [1.807, 2.05) is 36.4 Å². The van der Waals surface area contributed by atoms with Crippen LogP contribution >= 0.6 is 0 Å². The van der Waals surface area contributed by atoms with Crippen LogP contribution in [0.3, 0.4) is 0 Å². The van der Waals surface area contributed by atoms with Crippen molar-refractivity contribution in [2.24, 2.45) is 11.8 Å². The highest BCUT2D eigenvalue weighted by Gasteiger charge is 2.31. The number of aliphatic carboxylic acids is 1. The van der Waals surface area contributed by atoms with Crippen molar-refractivity contribution >= 4 is 18.0 Å². The summed E-state index contributed by atoms with van der Waals surface area (Å²) in [5, 5.41) is 14.5. The summed E-state index contributed by atoms with van der Waals surface area (Å²) in [6, 6.07) is 14.7. The average Bonchev–Trinajstić information content (AvgIpc) is 3.08. The SMILES string of the molecule is CC(C)C(NC(=O)OCC1c2ccccc2-c2ccccc21)C(=O)NC(C)C(C)C(=O)O. The van der Waals surface area contributed by atoms with Crippen molar-refractivity contribution in [2.75, 3.05) is 6.61 Å². The summed E-state index contributed by atoms with van der Waals surface area (Å²) in [4.78, 5) is 36.4. The number of hydrogen-bond acceptors (Lipinski definition) is 4. The summed E-state index contributed by atoms with van der Waals surface area (Å²) in [5.41, 5.74) is 4.49. The number of alkyl carbamates (subject to hydrolysis) is 1. The minimum atomic E-state index is -0.997. The normalized spacial score (nSPS) is 15.3. The molecule has 2 aromatic rings. The van der Waals surface area contributed by atoms with Crippen molar-refractivity contribution in [1.29, 1.82) is 0 Å². The number of rotatable bonds is 8. The van der Waals surface area contributed by atoms with Gasteiger partial charge >= 0.3 is 12.1 Å². The zero-order chi connectivity index (χ0) is 23.4. The fourth-order valence-electron chi connectivity index (χ4n) is 3.96. The van der Waals surface area contributed by atoms with E-state index < -0.39 is 36.0 Å². The minimum Gasteiger partial charge on any atom is -0.481 e. The summed E-state index contributed by atoms with van der Waals surface area (Å²) in [6.45, 7) is 6.91. The number of fused-ring (bicyclic) bond motifs is 3. The van der Waals surface area contributed by atoms with Gasteiger partial charge in [0.1, 0.15) is 12.6 Å². The van der Waals surface area contributed by atoms with Gasteiger partial charge in [0.25, 0.3) is 0 Å². The van der Waals surface area contributed by atoms with Gasteiger partial charge in [-0.15, -0.1) is 0 Å². The first-order chi connectivity index (χ1) is 15.2. The van der Waals surface area contributed by atoms with Crippen LogP contribution in [-0.4, -0.2) is 41.8 Å². The molecule has 7 nitrogen and oxygen atoms in total. The van der Waals surface area contributed by atoms with Gasteiger partial charge in [-0.2, -0.15) is 0 Å². The zero-order valence-corrected chi connectivity index (χ0v) is 18.8. The maximum absolute atomic E-state index is 12.7. The minimum absolute atomic E-state index is 0.0732. The molecule has 0 radical (unpaired) electrons. The molecule has 0 aliphatic heterocycles. The van der Waals surface area contributed by atoms with E-state index in [2.05, 4.69) is 22.8 Å². The third-order valence-electron chi connectivity index (χ3n) is 6.08. The molecule has 2 amide bonds. The molecule has 2 aromatic carbocycles. The third-order valence-corrected chi connectivity index (χ3v) is 6.08. The van der Waals surface area contributed by atoms with Crippen LogP contribution in [-0.2, 0) is 14.3 Å². The maximum Gasteiger partial charge on any atom is 0.407 e. The van der Waals surface area contributed by atoms with Crippen molar-refractivity contribution in [2.45, 2.75) is 45.7 Å². The van der Waals surface area contributed by atoms with E-state index in [4.69, 9.17) is 9.84 Å². The Labute approximate surface area is 188 Å². The van der Waals surface area contributed by atoms with Crippen molar-refractivity contribution in [1.82, 2.24) is 10.6 Å². The number of carboxylic acid groups (broad SMARTS) is 1. The lowest BCUT2D eigenvalue weighted by atomic mass is 9.98. The first-order valence-corrected chi connectivity index (χ1v) is 10.8. The molecule has 170 valence electrons. The Balaban J connectivity index is 1.64. The Kier molecular flexibility index (Phi) is 7.18. The number of nitrogens with one attached hydrogen (secondary N) is 2. The molecule has 32 heavy (non-hydrogen) atoms. The van der Waals surface area contributed by atoms with Crippen LogP contribution in [0.1, 0.15) is 44.7 Å². The standard InChI is InChI=1S/C25H30N2O5/c1-14(2)22(23(28)26-16(4)15(3)24(29)30)27-25(31)32-13-21-19-11-7-5-9-17(19)18-10-6-8-12-20(18)21/h5-12,14-16,21-22H,13H2,1-4H3,(H,26,28)(H,27,31)(H,29,30). The topological polar surface area (TPSA) is 105 Å². The molecule has 0 heterocycles. The van der Waals surface area contributed by atoms with Crippen LogP contribution < -0.4 is 10.6 Å². The quantitative estimate of drug-likeness (QED) is 0.582. The summed E-state index contributed by atoms with van der Waals surface area (Å²) in [5.74, 6) is -2.46. The molecule has 0 aromatic heterocycles. The second-order valence-corrected chi connectivity index (χ2v) is 8.62. The van der Waals surface area contributed by atoms with E-state index in [0.717, 1.165) is 22.3 Å². The average molecular weight is 439 g/mol. The van der Waals surface area contributed by atoms with Crippen LogP contribution in [0.15, 0.2) is 48.5 Å². The second kappa shape index (κ2) is 9.85. The van der Waals surface area contributed by atoms with E-state index >= 15 is 0 Å². The van der Waals surface area contributed by atoms with Crippen LogP contribution in [0.2, 0.25) is 0 Å². The lowest BCUT2D eigenvalue weighted by Gasteiger charge is -2.25. The molecule has 0 saturated carbocycles. The molecule has 7 heteroatoms. The molecule has 3 N–H and O–H groups in total. The van der Waals surface area contributed by atoms with Gasteiger partial charge in [0.05, 0.1) is 5.92 Å². The number of benzene rings is 2. The Bertz CT molecular complexity index is 958. The molecule has 0 bridgehead atoms. The summed E-state index contributed by atoms with van der Waals surface area (Å²) < 4.78 is 5.54. The molecular weight excluding hydrogens is 408 g/mol. The molecule has 0 saturated heterocycles. The number of ether oxygens (including phenoxy) is 1. The fourth-order valence-corrected chi connectivity index (χ4v) is 3.96. The first kappa shape index (κ1) is 23.3. The van der Waals surface area contributed by atoms with E-state index in [1.165, 1.54) is 6.92 Å². The van der Waals surface area contributed by atoms with Gasteiger partial charge in [0, 0.05) is 12.0 Å². The van der Waals surface area contributed by atoms with Crippen LogP contribution in [0.5, 0.6) is 0 Å². The molecule has 0 spiro atoms. The Morgan fingerprint density at radius 3 is 1.94 bits per heavy atom. The number of hydrogen-bond donors (Lipinski definition) is 3. The predicted molar refractivity (Wildman–Crippen MR) is 121 cm³/mol. The third kappa shape index (κ3) is 4.93. The number of carbonyl (C=O) groups is 3. The molecule has 0 fully saturated rings. The summed E-state index contributed by atoms with van der Waals surface area (Å²) in [6.07, 6.45) is -0.681. The van der Waals surface area contributed by atoms with Gasteiger partial charge in [0.2, 0.25) is 5.91 Å². The van der Waals surface area contributed by atoms with Crippen LogP contribution in [0, 0.1) is 11.8 Å². The lowest BCUT2D eigenvalue weighted by molar-refractivity contribution is -0.142. The molecule has 3 atom stereocenters. The Hall–Kier alpha value is -3.35. The molecule has 3 unspecified atom stereocenters. The Morgan fingerprint density at radius 2 is 1.44 bits per heavy atom. The molecule has 1 aliphatic carbocycles. The van der Waals surface area contributed by atoms with Gasteiger partial charge in [-0.05, 0) is 42.0 Å². The highest BCUT2D eigenvalue weighted by atomic mass is 16.5. The van der Waals surface area contributed by atoms with Crippen molar-refractivity contribution in [3.63, 3.8) is 0 Å². The van der Waals surface area contributed by atoms with Gasteiger partial charge < -0.3 is 20.5 Å². The van der Waals surface area contributed by atoms with E-state index in [-0.39, 0.29) is 18.4 Å². The number of carboxylic acids is 1. The molecule has 3 rings (SSSR count). The van der Waals surface area contributed by atoms with E-state index in [1.54, 1.807) is 20.8 Å². The van der Waals surface area contributed by atoms with Gasteiger partial charge in [0.15, 0.2) is 0 Å².